The number of hydrogen-bond acceptors (Lipinski definition) is 8. The first-order valence-electron chi connectivity index (χ1n) is 9.86. The number of benzene rings is 1. The maximum Gasteiger partial charge on any atom is 0.411 e. The molecule has 0 aliphatic rings. The van der Waals surface area contributed by atoms with Crippen LogP contribution in [0.3, 0.4) is 0 Å². The normalized spacial score (nSPS) is 12.9. The Balaban J connectivity index is 1.49. The van der Waals surface area contributed by atoms with Crippen molar-refractivity contribution < 1.29 is 17.9 Å². The minimum absolute atomic E-state index is 0.214. The van der Waals surface area contributed by atoms with Crippen LogP contribution in [0.25, 0.3) is 20.1 Å². The van der Waals surface area contributed by atoms with Gasteiger partial charge in [-0.1, -0.05) is 35.1 Å². The highest BCUT2D eigenvalue weighted by molar-refractivity contribution is 7.26. The molecule has 0 saturated carbocycles. The van der Waals surface area contributed by atoms with Gasteiger partial charge in [0.25, 0.3) is 0 Å². The molecule has 0 unspecified atom stereocenters. The van der Waals surface area contributed by atoms with Crippen LogP contribution in [0.4, 0.5) is 18.3 Å². The predicted octanol–water partition coefficient (Wildman–Crippen LogP) is 5.53. The number of thiazole rings is 2. The zero-order valence-corrected chi connectivity index (χ0v) is 19.5. The van der Waals surface area contributed by atoms with Gasteiger partial charge >= 0.3 is 6.18 Å². The van der Waals surface area contributed by atoms with Crippen LogP contribution >= 0.6 is 34.3 Å². The van der Waals surface area contributed by atoms with E-state index in [1.807, 2.05) is 18.2 Å². The van der Waals surface area contributed by atoms with Gasteiger partial charge in [0.15, 0.2) is 5.13 Å². The average molecular weight is 514 g/mol. The highest BCUT2D eigenvalue weighted by Gasteiger charge is 2.28. The van der Waals surface area contributed by atoms with E-state index in [2.05, 4.69) is 20.3 Å². The van der Waals surface area contributed by atoms with E-state index >= 15 is 0 Å². The molecule has 6 nitrogen and oxygen atoms in total. The average Bonchev–Trinajstić information content (AvgIpc) is 3.35. The molecule has 4 rings (SSSR count). The van der Waals surface area contributed by atoms with Gasteiger partial charge in [-0.15, -0.1) is 11.3 Å². The van der Waals surface area contributed by atoms with Crippen LogP contribution in [0.5, 0.6) is 0 Å². The molecule has 0 saturated heterocycles. The lowest BCUT2D eigenvalue weighted by atomic mass is 10.1. The van der Waals surface area contributed by atoms with Crippen molar-refractivity contribution in [3.05, 3.63) is 59.0 Å². The van der Waals surface area contributed by atoms with Crippen LogP contribution in [0, 0.1) is 0 Å². The Morgan fingerprint density at radius 1 is 1.18 bits per heavy atom. The first kappa shape index (κ1) is 23.8. The monoisotopic (exact) mass is 513 g/mol. The molecule has 12 heteroatoms. The van der Waals surface area contributed by atoms with Crippen molar-refractivity contribution in [3.63, 3.8) is 0 Å². The fraction of sp³-hybridized carbons (Fsp3) is 0.286. The molecule has 0 spiro atoms. The Morgan fingerprint density at radius 3 is 2.79 bits per heavy atom. The zero-order valence-electron chi connectivity index (χ0n) is 17.1. The predicted molar refractivity (Wildman–Crippen MR) is 126 cm³/mol. The largest absolute Gasteiger partial charge is 0.411 e. The maximum atomic E-state index is 12.5. The molecule has 3 N–H and O–H groups in total. The second-order valence-corrected chi connectivity index (χ2v) is 9.71. The van der Waals surface area contributed by atoms with E-state index in [0.717, 1.165) is 15.8 Å². The molecule has 0 fully saturated rings. The van der Waals surface area contributed by atoms with Gasteiger partial charge in [0.1, 0.15) is 11.6 Å². The molecule has 3 aromatic heterocycles. The lowest BCUT2D eigenvalue weighted by Crippen LogP contribution is -2.31. The summed E-state index contributed by atoms with van der Waals surface area (Å²) in [6.45, 7) is -1.21. The molecule has 3 heterocycles. The van der Waals surface area contributed by atoms with E-state index in [4.69, 9.17) is 22.1 Å². The number of pyridine rings is 1. The van der Waals surface area contributed by atoms with E-state index < -0.39 is 12.8 Å². The van der Waals surface area contributed by atoms with Crippen molar-refractivity contribution in [3.8, 4) is 9.88 Å². The molecule has 0 amide bonds. The number of ether oxygens (including phenoxy) is 1. The number of nitrogens with zero attached hydrogens (tertiary/aromatic N) is 3. The summed E-state index contributed by atoms with van der Waals surface area (Å²) in [6.07, 6.45) is -0.463. The van der Waals surface area contributed by atoms with Gasteiger partial charge in [0, 0.05) is 30.0 Å². The van der Waals surface area contributed by atoms with Gasteiger partial charge < -0.3 is 15.8 Å². The zero-order chi connectivity index (χ0) is 23.4. The summed E-state index contributed by atoms with van der Waals surface area (Å²) in [6, 6.07) is 9.04. The Morgan fingerprint density at radius 2 is 2.03 bits per heavy atom. The third kappa shape index (κ3) is 6.61. The van der Waals surface area contributed by atoms with Crippen molar-refractivity contribution >= 4 is 49.6 Å². The molecule has 1 aromatic carbocycles. The quantitative estimate of drug-likeness (QED) is 0.306. The van der Waals surface area contributed by atoms with Crippen LogP contribution in [0.2, 0.25) is 5.02 Å². The summed E-state index contributed by atoms with van der Waals surface area (Å²) in [5.74, 6) is 0. The van der Waals surface area contributed by atoms with Crippen molar-refractivity contribution in [2.75, 3.05) is 18.5 Å². The number of nitrogens with two attached hydrogens (primary N) is 1. The number of alkyl halides is 3. The molecule has 174 valence electrons. The minimum atomic E-state index is -4.41. The lowest BCUT2D eigenvalue weighted by molar-refractivity contribution is -0.176. The topological polar surface area (TPSA) is 86.0 Å². The van der Waals surface area contributed by atoms with Crippen LogP contribution in [0.1, 0.15) is 11.3 Å². The molecule has 0 aliphatic carbocycles. The maximum absolute atomic E-state index is 12.5. The van der Waals surface area contributed by atoms with Crippen LogP contribution in [0.15, 0.2) is 42.7 Å². The van der Waals surface area contributed by atoms with E-state index in [0.29, 0.717) is 38.7 Å². The van der Waals surface area contributed by atoms with Crippen molar-refractivity contribution in [1.29, 1.82) is 0 Å². The standard InChI is InChI=1S/C21H19ClF3N5OS2/c22-13-3-1-2-12(6-13)7-14(26)8-28-20-30-16(10-31-11-21(23,24)25)18(33-20)19-29-15-4-5-27-9-17(15)32-19/h1-6,9,14H,7-8,10-11,26H2,(H,28,30)/t14-/m1/s1. The Bertz CT molecular complexity index is 1200. The highest BCUT2D eigenvalue weighted by Crippen LogP contribution is 2.38. The molecular formula is C21H19ClF3N5OS2. The molecule has 0 aliphatic heterocycles. The molecular weight excluding hydrogens is 495 g/mol. The molecule has 1 atom stereocenters. The summed E-state index contributed by atoms with van der Waals surface area (Å²) in [5, 5.41) is 5.02. The third-order valence-electron chi connectivity index (χ3n) is 4.49. The summed E-state index contributed by atoms with van der Waals surface area (Å²) >= 11 is 8.73. The first-order chi connectivity index (χ1) is 15.8. The lowest BCUT2D eigenvalue weighted by Gasteiger charge is -2.12. The first-order valence-corrected chi connectivity index (χ1v) is 11.9. The smallest absolute Gasteiger partial charge is 0.366 e. The van der Waals surface area contributed by atoms with Gasteiger partial charge in [-0.2, -0.15) is 13.2 Å². The number of nitrogens with one attached hydrogen (secondary N) is 1. The van der Waals surface area contributed by atoms with E-state index in [-0.39, 0.29) is 12.6 Å². The fourth-order valence-electron chi connectivity index (χ4n) is 3.09. The number of halogens is 4. The Labute approximate surface area is 200 Å². The summed E-state index contributed by atoms with van der Waals surface area (Å²) < 4.78 is 43.4. The second kappa shape index (κ2) is 10.3. The van der Waals surface area contributed by atoms with E-state index in [1.54, 1.807) is 24.5 Å². The van der Waals surface area contributed by atoms with Gasteiger partial charge in [0.2, 0.25) is 0 Å². The molecule has 4 aromatic rings. The van der Waals surface area contributed by atoms with Crippen molar-refractivity contribution in [2.45, 2.75) is 25.2 Å². The molecule has 0 bridgehead atoms. The van der Waals surface area contributed by atoms with Gasteiger partial charge in [-0.05, 0) is 30.2 Å². The second-order valence-electron chi connectivity index (χ2n) is 7.24. The summed E-state index contributed by atoms with van der Waals surface area (Å²) in [7, 11) is 0. The Hall–Kier alpha value is -2.31. The third-order valence-corrected chi connectivity index (χ3v) is 6.94. The van der Waals surface area contributed by atoms with Crippen LogP contribution in [-0.2, 0) is 17.8 Å². The number of fused-ring (bicyclic) bond motifs is 1. The number of anilines is 1. The van der Waals surface area contributed by atoms with Crippen molar-refractivity contribution in [2.24, 2.45) is 5.73 Å². The van der Waals surface area contributed by atoms with Gasteiger partial charge in [0.05, 0.1) is 27.4 Å². The van der Waals surface area contributed by atoms with Crippen molar-refractivity contribution in [1.82, 2.24) is 15.0 Å². The van der Waals surface area contributed by atoms with E-state index in [1.165, 1.54) is 22.7 Å². The van der Waals surface area contributed by atoms with Crippen LogP contribution < -0.4 is 11.1 Å². The summed E-state index contributed by atoms with van der Waals surface area (Å²) in [5.41, 5.74) is 8.41. The number of aromatic nitrogens is 3. The van der Waals surface area contributed by atoms with E-state index in [9.17, 15) is 13.2 Å². The highest BCUT2D eigenvalue weighted by atomic mass is 35.5. The minimum Gasteiger partial charge on any atom is -0.366 e. The van der Waals surface area contributed by atoms with Crippen LogP contribution in [-0.4, -0.2) is 40.3 Å². The Kier molecular flexibility index (Phi) is 7.45. The van der Waals surface area contributed by atoms with Gasteiger partial charge in [-0.3, -0.25) is 4.98 Å². The fourth-order valence-corrected chi connectivity index (χ4v) is 5.31. The number of hydrogen-bond donors (Lipinski definition) is 2. The molecule has 0 radical (unpaired) electrons. The SMILES string of the molecule is N[C@@H](CNc1nc(COCC(F)(F)F)c(-c2nc3ccncc3s2)s1)Cc1cccc(Cl)c1. The molecule has 33 heavy (non-hydrogen) atoms. The summed E-state index contributed by atoms with van der Waals surface area (Å²) in [4.78, 5) is 13.8. The van der Waals surface area contributed by atoms with Gasteiger partial charge in [-0.25, -0.2) is 9.97 Å². The number of rotatable bonds is 9.